The van der Waals surface area contributed by atoms with Gasteiger partial charge in [0.05, 0.1) is 17.9 Å². The summed E-state index contributed by atoms with van der Waals surface area (Å²) in [5.41, 5.74) is 0.185. The van der Waals surface area contributed by atoms with E-state index in [1.165, 1.54) is 4.90 Å². The van der Waals surface area contributed by atoms with Crippen LogP contribution in [0.1, 0.15) is 65.3 Å². The number of ether oxygens (including phenoxy) is 1. The molecule has 10 heteroatoms. The number of amides is 2. The number of halogens is 2. The van der Waals surface area contributed by atoms with Crippen molar-refractivity contribution in [2.45, 2.75) is 46.5 Å². The number of nitrogens with zero attached hydrogens (tertiary/aromatic N) is 2. The van der Waals surface area contributed by atoms with Gasteiger partial charge in [-0.15, -0.1) is 0 Å². The molecule has 1 heterocycles. The van der Waals surface area contributed by atoms with E-state index in [1.54, 1.807) is 13.8 Å². The predicted molar refractivity (Wildman–Crippen MR) is 118 cm³/mol. The number of benzene rings is 1. The van der Waals surface area contributed by atoms with Gasteiger partial charge in [-0.05, 0) is 32.4 Å². The fourth-order valence-electron chi connectivity index (χ4n) is 2.92. The van der Waals surface area contributed by atoms with E-state index in [9.17, 15) is 23.2 Å². The Morgan fingerprint density at radius 3 is 2.59 bits per heavy atom. The first kappa shape index (κ1) is 25.4. The Kier molecular flexibility index (Phi) is 9.70. The molecule has 7 nitrogen and oxygen atoms in total. The third-order valence-electron chi connectivity index (χ3n) is 4.56. The van der Waals surface area contributed by atoms with Gasteiger partial charge in [0.15, 0.2) is 5.13 Å². The number of unbranched alkanes of at least 4 members (excludes halogenated alkanes) is 2. The summed E-state index contributed by atoms with van der Waals surface area (Å²) in [6.45, 7) is 6.05. The highest BCUT2D eigenvalue weighted by Crippen LogP contribution is 2.28. The summed E-state index contributed by atoms with van der Waals surface area (Å²) < 4.78 is 31.8. The predicted octanol–water partition coefficient (Wildman–Crippen LogP) is 4.25. The standard InChI is InChI=1S/C22H27F2N3O4S/c1-4-6-7-12-27(22-26-14(3)19(32-22)21(30)31-5-2)18(28)10-11-25-20(29)16-9-8-15(23)13-17(16)24/h8-9,13H,4-7,10-12H2,1-3H3,(H,25,29). The zero-order valence-electron chi connectivity index (χ0n) is 18.4. The van der Waals surface area contributed by atoms with Gasteiger partial charge in [0.25, 0.3) is 5.91 Å². The van der Waals surface area contributed by atoms with Gasteiger partial charge in [-0.25, -0.2) is 18.6 Å². The van der Waals surface area contributed by atoms with Gasteiger partial charge in [-0.2, -0.15) is 0 Å². The van der Waals surface area contributed by atoms with Crippen molar-refractivity contribution in [3.63, 3.8) is 0 Å². The lowest BCUT2D eigenvalue weighted by Crippen LogP contribution is -2.35. The van der Waals surface area contributed by atoms with Gasteiger partial charge in [0, 0.05) is 25.6 Å². The van der Waals surface area contributed by atoms with E-state index >= 15 is 0 Å². The normalized spacial score (nSPS) is 10.7. The minimum atomic E-state index is -0.972. The minimum absolute atomic E-state index is 0.0339. The Morgan fingerprint density at radius 1 is 1.19 bits per heavy atom. The van der Waals surface area contributed by atoms with E-state index in [2.05, 4.69) is 10.3 Å². The molecule has 0 atom stereocenters. The number of anilines is 1. The number of carbonyl (C=O) groups is 3. The molecule has 0 bridgehead atoms. The zero-order valence-corrected chi connectivity index (χ0v) is 19.2. The Labute approximate surface area is 189 Å². The lowest BCUT2D eigenvalue weighted by Gasteiger charge is -2.20. The first-order valence-electron chi connectivity index (χ1n) is 10.5. The molecule has 32 heavy (non-hydrogen) atoms. The van der Waals surface area contributed by atoms with Crippen molar-refractivity contribution in [2.24, 2.45) is 0 Å². The van der Waals surface area contributed by atoms with Crippen LogP contribution in [0.25, 0.3) is 0 Å². The molecule has 0 saturated carbocycles. The highest BCUT2D eigenvalue weighted by molar-refractivity contribution is 7.17. The molecule has 0 unspecified atom stereocenters. The van der Waals surface area contributed by atoms with Gasteiger partial charge in [-0.3, -0.25) is 14.5 Å². The van der Waals surface area contributed by atoms with Crippen LogP contribution in [0.2, 0.25) is 0 Å². The molecule has 1 N–H and O–H groups in total. The van der Waals surface area contributed by atoms with Gasteiger partial charge in [0.1, 0.15) is 16.5 Å². The molecule has 2 aromatic rings. The van der Waals surface area contributed by atoms with E-state index in [0.29, 0.717) is 28.3 Å². The van der Waals surface area contributed by atoms with E-state index in [4.69, 9.17) is 4.74 Å². The molecule has 174 valence electrons. The van der Waals surface area contributed by atoms with E-state index in [-0.39, 0.29) is 31.0 Å². The van der Waals surface area contributed by atoms with Crippen molar-refractivity contribution < 1.29 is 27.9 Å². The van der Waals surface area contributed by atoms with Crippen molar-refractivity contribution in [3.8, 4) is 0 Å². The fourth-order valence-corrected chi connectivity index (χ4v) is 3.92. The number of rotatable bonds is 11. The maximum Gasteiger partial charge on any atom is 0.350 e. The lowest BCUT2D eigenvalue weighted by molar-refractivity contribution is -0.118. The summed E-state index contributed by atoms with van der Waals surface area (Å²) in [7, 11) is 0. The van der Waals surface area contributed by atoms with Gasteiger partial charge >= 0.3 is 5.97 Å². The summed E-state index contributed by atoms with van der Waals surface area (Å²) >= 11 is 1.09. The highest BCUT2D eigenvalue weighted by Gasteiger charge is 2.24. The molecular weight excluding hydrogens is 440 g/mol. The number of carbonyl (C=O) groups excluding carboxylic acids is 3. The summed E-state index contributed by atoms with van der Waals surface area (Å²) in [6, 6.07) is 2.67. The molecule has 0 saturated heterocycles. The quantitative estimate of drug-likeness (QED) is 0.394. The van der Waals surface area contributed by atoms with Gasteiger partial charge < -0.3 is 10.1 Å². The minimum Gasteiger partial charge on any atom is -0.462 e. The number of nitrogens with one attached hydrogen (secondary N) is 1. The molecule has 0 aliphatic carbocycles. The second-order valence-electron chi connectivity index (χ2n) is 7.01. The molecule has 0 fully saturated rings. The van der Waals surface area contributed by atoms with Gasteiger partial charge in [0.2, 0.25) is 5.91 Å². The topological polar surface area (TPSA) is 88.6 Å². The number of aromatic nitrogens is 1. The van der Waals surface area contributed by atoms with Crippen molar-refractivity contribution in [1.29, 1.82) is 0 Å². The number of thiazole rings is 1. The second kappa shape index (κ2) is 12.2. The Bertz CT molecular complexity index is 965. The van der Waals surface area contributed by atoms with E-state index in [0.717, 1.165) is 42.7 Å². The zero-order chi connectivity index (χ0) is 23.7. The van der Waals surface area contributed by atoms with Crippen molar-refractivity contribution in [1.82, 2.24) is 10.3 Å². The van der Waals surface area contributed by atoms with Crippen LogP contribution in [-0.4, -0.2) is 42.5 Å². The highest BCUT2D eigenvalue weighted by atomic mass is 32.1. The first-order chi connectivity index (χ1) is 15.3. The molecule has 0 spiro atoms. The summed E-state index contributed by atoms with van der Waals surface area (Å²) in [6.07, 6.45) is 2.59. The molecule has 2 rings (SSSR count). The Morgan fingerprint density at radius 2 is 1.94 bits per heavy atom. The summed E-state index contributed by atoms with van der Waals surface area (Å²) in [4.78, 5) is 43.3. The van der Waals surface area contributed by atoms with Crippen LogP contribution in [0.5, 0.6) is 0 Å². The van der Waals surface area contributed by atoms with Crippen LogP contribution in [0.15, 0.2) is 18.2 Å². The molecule has 0 aliphatic rings. The van der Waals surface area contributed by atoms with Crippen molar-refractivity contribution in [3.05, 3.63) is 46.0 Å². The summed E-state index contributed by atoms with van der Waals surface area (Å²) in [5, 5.41) is 2.87. The van der Waals surface area contributed by atoms with Crippen molar-refractivity contribution in [2.75, 3.05) is 24.6 Å². The average molecular weight is 468 g/mol. The van der Waals surface area contributed by atoms with Crippen LogP contribution >= 0.6 is 11.3 Å². The second-order valence-corrected chi connectivity index (χ2v) is 7.99. The average Bonchev–Trinajstić information content (AvgIpc) is 3.12. The molecule has 2 amide bonds. The summed E-state index contributed by atoms with van der Waals surface area (Å²) in [5.74, 6) is -3.26. The number of esters is 1. The van der Waals surface area contributed by atoms with E-state index in [1.807, 2.05) is 6.92 Å². The van der Waals surface area contributed by atoms with Crippen LogP contribution in [0.3, 0.4) is 0 Å². The van der Waals surface area contributed by atoms with Crippen LogP contribution in [-0.2, 0) is 9.53 Å². The largest absolute Gasteiger partial charge is 0.462 e. The molecule has 0 radical (unpaired) electrons. The maximum atomic E-state index is 13.7. The maximum absolute atomic E-state index is 13.7. The van der Waals surface area contributed by atoms with Crippen molar-refractivity contribution >= 4 is 34.3 Å². The molecule has 1 aromatic heterocycles. The number of hydrogen-bond donors (Lipinski definition) is 1. The van der Waals surface area contributed by atoms with E-state index < -0.39 is 23.5 Å². The fraction of sp³-hybridized carbons (Fsp3) is 0.455. The first-order valence-corrected chi connectivity index (χ1v) is 11.3. The monoisotopic (exact) mass is 467 g/mol. The number of aryl methyl sites for hydroxylation is 1. The third-order valence-corrected chi connectivity index (χ3v) is 5.72. The Balaban J connectivity index is 2.06. The SMILES string of the molecule is CCCCCN(C(=O)CCNC(=O)c1ccc(F)cc1F)c1nc(C)c(C(=O)OCC)s1. The Hall–Kier alpha value is -2.88. The smallest absolute Gasteiger partial charge is 0.350 e. The van der Waals surface area contributed by atoms with Gasteiger partial charge in [-0.1, -0.05) is 31.1 Å². The van der Waals surface area contributed by atoms with Crippen LogP contribution in [0, 0.1) is 18.6 Å². The van der Waals surface area contributed by atoms with Crippen LogP contribution in [0.4, 0.5) is 13.9 Å². The molecule has 0 aliphatic heterocycles. The lowest BCUT2D eigenvalue weighted by atomic mass is 10.2. The third kappa shape index (κ3) is 6.81. The number of hydrogen-bond acceptors (Lipinski definition) is 6. The molecule has 1 aromatic carbocycles. The molecular formula is C22H27F2N3O4S. The van der Waals surface area contributed by atoms with Crippen LogP contribution < -0.4 is 10.2 Å².